The number of hydrogen-bond donors (Lipinski definition) is 1. The van der Waals surface area contributed by atoms with Crippen LogP contribution in [0.1, 0.15) is 5.56 Å². The lowest BCUT2D eigenvalue weighted by Crippen LogP contribution is -2.23. The van der Waals surface area contributed by atoms with Crippen LogP contribution in [-0.4, -0.2) is 22.6 Å². The van der Waals surface area contributed by atoms with Crippen molar-refractivity contribution in [1.82, 2.24) is 4.90 Å². The molecule has 0 aromatic heterocycles. The molecule has 1 N–H and O–H groups in total. The van der Waals surface area contributed by atoms with Gasteiger partial charge in [-0.2, -0.15) is 0 Å². The van der Waals surface area contributed by atoms with Crippen LogP contribution >= 0.6 is 0 Å². The van der Waals surface area contributed by atoms with Gasteiger partial charge in [-0.25, -0.2) is 4.79 Å². The van der Waals surface area contributed by atoms with Gasteiger partial charge in [0.25, 0.3) is 0 Å². The highest BCUT2D eigenvalue weighted by atomic mass is 16.4. The molecule has 3 rings (SSSR count). The first kappa shape index (κ1) is 9.96. The van der Waals surface area contributed by atoms with E-state index in [0.29, 0.717) is 0 Å². The molecule has 0 spiro atoms. The van der Waals surface area contributed by atoms with Crippen molar-refractivity contribution in [2.45, 2.75) is 6.54 Å². The first-order chi connectivity index (χ1) is 8.25. The molecule has 4 nitrogen and oxygen atoms in total. The summed E-state index contributed by atoms with van der Waals surface area (Å²) in [6.45, 7) is 1.59. The summed E-state index contributed by atoms with van der Waals surface area (Å²) in [4.78, 5) is 14.7. The highest BCUT2D eigenvalue weighted by Crippen LogP contribution is 2.30. The Morgan fingerprint density at radius 1 is 1.29 bits per heavy atom. The smallest absolute Gasteiger partial charge is 0.416 e. The predicted octanol–water partition coefficient (Wildman–Crippen LogP) is 2.40. The predicted molar refractivity (Wildman–Crippen MR) is 64.6 cm³/mol. The number of rotatable bonds is 0. The molecule has 0 saturated carbocycles. The van der Waals surface area contributed by atoms with Crippen molar-refractivity contribution in [1.29, 1.82) is 0 Å². The van der Waals surface area contributed by atoms with E-state index in [9.17, 15) is 9.90 Å². The van der Waals surface area contributed by atoms with E-state index in [2.05, 4.69) is 4.90 Å². The Morgan fingerprint density at radius 3 is 2.94 bits per heavy atom. The highest BCUT2D eigenvalue weighted by Gasteiger charge is 2.24. The van der Waals surface area contributed by atoms with E-state index in [1.165, 1.54) is 4.90 Å². The van der Waals surface area contributed by atoms with E-state index >= 15 is 0 Å². The Bertz CT molecular complexity index is 534. The Balaban J connectivity index is 2.14. The number of para-hydroxylation sites is 1. The second-order valence-corrected chi connectivity index (χ2v) is 4.12. The maximum absolute atomic E-state index is 11.3. The number of benzene rings is 1. The maximum atomic E-state index is 11.3. The summed E-state index contributed by atoms with van der Waals surface area (Å²) in [5.41, 5.74) is 2.73. The average molecular weight is 228 g/mol. The number of carbonyl (C=O) groups is 1. The van der Waals surface area contributed by atoms with E-state index in [1.54, 1.807) is 6.20 Å². The fraction of sp³-hybridized carbons (Fsp3) is 0.154. The SMILES string of the molecule is O=C(O)N1C=C2C=CCN2Cc2ccccc21. The van der Waals surface area contributed by atoms with Crippen LogP contribution in [-0.2, 0) is 6.54 Å². The number of fused-ring (bicyclic) bond motifs is 2. The molecule has 0 atom stereocenters. The average Bonchev–Trinajstić information content (AvgIpc) is 2.68. The Hall–Kier alpha value is -2.23. The Morgan fingerprint density at radius 2 is 2.12 bits per heavy atom. The van der Waals surface area contributed by atoms with Crippen LogP contribution in [0, 0.1) is 0 Å². The molecule has 2 aliphatic heterocycles. The van der Waals surface area contributed by atoms with Crippen molar-refractivity contribution in [2.75, 3.05) is 11.4 Å². The third-order valence-electron chi connectivity index (χ3n) is 3.06. The number of hydrogen-bond acceptors (Lipinski definition) is 2. The van der Waals surface area contributed by atoms with Gasteiger partial charge in [0, 0.05) is 19.3 Å². The van der Waals surface area contributed by atoms with Gasteiger partial charge in [-0.1, -0.05) is 24.3 Å². The Labute approximate surface area is 99.1 Å². The number of nitrogens with zero attached hydrogens (tertiary/aromatic N) is 2. The maximum Gasteiger partial charge on any atom is 0.416 e. The molecule has 1 aromatic carbocycles. The minimum atomic E-state index is -0.952. The molecular weight excluding hydrogens is 216 g/mol. The molecular formula is C13H12N2O2. The summed E-state index contributed by atoms with van der Waals surface area (Å²) < 4.78 is 0. The fourth-order valence-electron chi connectivity index (χ4n) is 2.24. The summed E-state index contributed by atoms with van der Waals surface area (Å²) in [6.07, 6.45) is 4.73. The number of carboxylic acid groups (broad SMARTS) is 1. The van der Waals surface area contributed by atoms with Crippen LogP contribution in [0.15, 0.2) is 48.3 Å². The molecule has 2 aliphatic rings. The third kappa shape index (κ3) is 1.58. The van der Waals surface area contributed by atoms with E-state index in [4.69, 9.17) is 0 Å². The molecule has 1 aromatic rings. The van der Waals surface area contributed by atoms with Gasteiger partial charge in [0.15, 0.2) is 0 Å². The lowest BCUT2D eigenvalue weighted by atomic mass is 10.1. The molecule has 2 heterocycles. The number of anilines is 1. The lowest BCUT2D eigenvalue weighted by Gasteiger charge is -2.17. The van der Waals surface area contributed by atoms with Crippen LogP contribution in [0.2, 0.25) is 0 Å². The monoisotopic (exact) mass is 228 g/mol. The van der Waals surface area contributed by atoms with E-state index in [0.717, 1.165) is 30.0 Å². The molecule has 86 valence electrons. The highest BCUT2D eigenvalue weighted by molar-refractivity contribution is 5.89. The van der Waals surface area contributed by atoms with Gasteiger partial charge in [0.1, 0.15) is 0 Å². The van der Waals surface area contributed by atoms with Crippen molar-refractivity contribution in [3.63, 3.8) is 0 Å². The zero-order valence-corrected chi connectivity index (χ0v) is 9.21. The molecule has 0 unspecified atom stereocenters. The molecule has 1 amide bonds. The molecule has 0 aliphatic carbocycles. The molecule has 0 radical (unpaired) electrons. The van der Waals surface area contributed by atoms with Gasteiger partial charge in [-0.05, 0) is 17.7 Å². The van der Waals surface area contributed by atoms with Crippen LogP contribution < -0.4 is 4.90 Å². The minimum absolute atomic E-state index is 0.746. The number of amides is 1. The largest absolute Gasteiger partial charge is 0.464 e. The summed E-state index contributed by atoms with van der Waals surface area (Å²) in [7, 11) is 0. The minimum Gasteiger partial charge on any atom is -0.464 e. The first-order valence-corrected chi connectivity index (χ1v) is 5.49. The number of allylic oxidation sites excluding steroid dienone is 1. The van der Waals surface area contributed by atoms with Gasteiger partial charge in [-0.3, -0.25) is 4.90 Å². The van der Waals surface area contributed by atoms with Gasteiger partial charge in [0.05, 0.1) is 11.4 Å². The third-order valence-corrected chi connectivity index (χ3v) is 3.06. The lowest BCUT2D eigenvalue weighted by molar-refractivity contribution is 0.204. The molecule has 4 heteroatoms. The standard InChI is InChI=1S/C13H12N2O2/c16-13(17)15-9-11-5-3-7-14(11)8-10-4-1-2-6-12(10)15/h1-6,9H,7-8H2,(H,16,17). The van der Waals surface area contributed by atoms with Gasteiger partial charge in [-0.15, -0.1) is 0 Å². The molecule has 0 fully saturated rings. The van der Waals surface area contributed by atoms with Crippen LogP contribution in [0.3, 0.4) is 0 Å². The first-order valence-electron chi connectivity index (χ1n) is 5.49. The van der Waals surface area contributed by atoms with Crippen molar-refractivity contribution in [3.8, 4) is 0 Å². The van der Waals surface area contributed by atoms with E-state index in [1.807, 2.05) is 36.4 Å². The zero-order valence-electron chi connectivity index (χ0n) is 9.21. The van der Waals surface area contributed by atoms with E-state index < -0.39 is 6.09 Å². The molecule has 0 saturated heterocycles. The summed E-state index contributed by atoms with van der Waals surface area (Å²) in [5, 5.41) is 9.27. The van der Waals surface area contributed by atoms with Crippen molar-refractivity contribution < 1.29 is 9.90 Å². The van der Waals surface area contributed by atoms with Gasteiger partial charge >= 0.3 is 6.09 Å². The second kappa shape index (κ2) is 3.66. The quantitative estimate of drug-likeness (QED) is 0.741. The van der Waals surface area contributed by atoms with Crippen molar-refractivity contribution >= 4 is 11.8 Å². The van der Waals surface area contributed by atoms with Crippen LogP contribution in [0.25, 0.3) is 0 Å². The second-order valence-electron chi connectivity index (χ2n) is 4.12. The van der Waals surface area contributed by atoms with Crippen molar-refractivity contribution in [3.05, 3.63) is 53.9 Å². The summed E-state index contributed by atoms with van der Waals surface area (Å²) >= 11 is 0. The zero-order chi connectivity index (χ0) is 11.8. The van der Waals surface area contributed by atoms with Crippen LogP contribution in [0.5, 0.6) is 0 Å². The fourth-order valence-corrected chi connectivity index (χ4v) is 2.24. The van der Waals surface area contributed by atoms with Gasteiger partial charge in [0.2, 0.25) is 0 Å². The topological polar surface area (TPSA) is 43.8 Å². The summed E-state index contributed by atoms with van der Waals surface area (Å²) in [5.74, 6) is 0. The van der Waals surface area contributed by atoms with E-state index in [-0.39, 0.29) is 0 Å². The molecule has 0 bridgehead atoms. The summed E-state index contributed by atoms with van der Waals surface area (Å²) in [6, 6.07) is 7.61. The Kier molecular flexibility index (Phi) is 2.14. The molecule has 17 heavy (non-hydrogen) atoms. The normalized spacial score (nSPS) is 17.3. The van der Waals surface area contributed by atoms with Crippen molar-refractivity contribution in [2.24, 2.45) is 0 Å². The van der Waals surface area contributed by atoms with Crippen LogP contribution in [0.4, 0.5) is 10.5 Å². The van der Waals surface area contributed by atoms with Gasteiger partial charge < -0.3 is 10.0 Å².